The van der Waals surface area contributed by atoms with Gasteiger partial charge in [0.25, 0.3) is 0 Å². The normalized spacial score (nSPS) is 15.2. The first kappa shape index (κ1) is 19.1. The number of rotatable bonds is 4. The molecule has 2 aromatic rings. The molecule has 0 aliphatic carbocycles. The minimum atomic E-state index is 0. The van der Waals surface area contributed by atoms with Gasteiger partial charge in [0.2, 0.25) is 0 Å². The van der Waals surface area contributed by atoms with Gasteiger partial charge in [0.15, 0.2) is 5.96 Å². The van der Waals surface area contributed by atoms with Crippen LogP contribution in [0.1, 0.15) is 17.0 Å². The minimum Gasteiger partial charge on any atom is -0.370 e. The standard InChI is InChI=1S/C19H23N3S.HI/c20-19(22-11-13-23-14-12-22)21-15-18(16-7-3-1-4-8-16)17-9-5-2-6-10-17;/h1-10,18H,11-15H2,(H2,20,21);1H. The predicted molar refractivity (Wildman–Crippen MR) is 116 cm³/mol. The minimum absolute atomic E-state index is 0. The Morgan fingerprint density at radius 2 is 1.46 bits per heavy atom. The SMILES string of the molecule is I.NC(=NCC(c1ccccc1)c1ccccc1)N1CCSCC1. The van der Waals surface area contributed by atoms with Gasteiger partial charge in [-0.15, -0.1) is 24.0 Å². The van der Waals surface area contributed by atoms with E-state index in [9.17, 15) is 0 Å². The Kier molecular flexibility index (Phi) is 7.91. The Bertz CT molecular complexity index is 588. The maximum Gasteiger partial charge on any atom is 0.191 e. The van der Waals surface area contributed by atoms with Gasteiger partial charge in [-0.05, 0) is 11.1 Å². The van der Waals surface area contributed by atoms with Crippen molar-refractivity contribution >= 4 is 41.7 Å². The van der Waals surface area contributed by atoms with E-state index in [0.717, 1.165) is 24.6 Å². The van der Waals surface area contributed by atoms with Crippen LogP contribution in [-0.4, -0.2) is 42.0 Å². The molecule has 3 nitrogen and oxygen atoms in total. The quantitative estimate of drug-likeness (QED) is 0.435. The van der Waals surface area contributed by atoms with Gasteiger partial charge in [0.1, 0.15) is 0 Å². The third-order valence-electron chi connectivity index (χ3n) is 4.17. The lowest BCUT2D eigenvalue weighted by molar-refractivity contribution is 0.455. The summed E-state index contributed by atoms with van der Waals surface area (Å²) in [5.41, 5.74) is 8.78. The van der Waals surface area contributed by atoms with Crippen molar-refractivity contribution in [2.24, 2.45) is 10.7 Å². The highest BCUT2D eigenvalue weighted by atomic mass is 127. The molecule has 0 amide bonds. The Balaban J connectivity index is 0.00000208. The molecule has 2 N–H and O–H groups in total. The third kappa shape index (κ3) is 5.14. The maximum absolute atomic E-state index is 6.22. The van der Waals surface area contributed by atoms with Crippen LogP contribution >= 0.6 is 35.7 Å². The molecule has 0 unspecified atom stereocenters. The van der Waals surface area contributed by atoms with Gasteiger partial charge in [-0.3, -0.25) is 4.99 Å². The van der Waals surface area contributed by atoms with Crippen molar-refractivity contribution in [3.8, 4) is 0 Å². The zero-order valence-electron chi connectivity index (χ0n) is 13.7. The van der Waals surface area contributed by atoms with Crippen LogP contribution in [0.3, 0.4) is 0 Å². The Labute approximate surface area is 165 Å². The lowest BCUT2D eigenvalue weighted by atomic mass is 9.91. The smallest absolute Gasteiger partial charge is 0.191 e. The number of hydrogen-bond donors (Lipinski definition) is 1. The summed E-state index contributed by atoms with van der Waals surface area (Å²) in [6, 6.07) is 21.1. The molecular formula is C19H24IN3S. The van der Waals surface area contributed by atoms with Gasteiger partial charge >= 0.3 is 0 Å². The van der Waals surface area contributed by atoms with E-state index < -0.39 is 0 Å². The van der Waals surface area contributed by atoms with E-state index in [-0.39, 0.29) is 29.9 Å². The van der Waals surface area contributed by atoms with Gasteiger partial charge < -0.3 is 10.6 Å². The molecule has 0 radical (unpaired) electrons. The Morgan fingerprint density at radius 1 is 0.958 bits per heavy atom. The lowest BCUT2D eigenvalue weighted by Crippen LogP contribution is -2.42. The van der Waals surface area contributed by atoms with Gasteiger partial charge in [-0.25, -0.2) is 0 Å². The Hall–Kier alpha value is -1.21. The molecule has 128 valence electrons. The van der Waals surface area contributed by atoms with Crippen molar-refractivity contribution in [2.75, 3.05) is 31.1 Å². The molecule has 1 aliphatic heterocycles. The summed E-state index contributed by atoms with van der Waals surface area (Å²) in [6.45, 7) is 2.69. The zero-order valence-corrected chi connectivity index (χ0v) is 16.8. The summed E-state index contributed by atoms with van der Waals surface area (Å²) in [7, 11) is 0. The second kappa shape index (κ2) is 9.93. The fourth-order valence-corrected chi connectivity index (χ4v) is 3.75. The van der Waals surface area contributed by atoms with E-state index in [2.05, 4.69) is 65.6 Å². The zero-order chi connectivity index (χ0) is 15.9. The van der Waals surface area contributed by atoms with E-state index in [1.165, 1.54) is 11.1 Å². The van der Waals surface area contributed by atoms with Crippen molar-refractivity contribution in [1.82, 2.24) is 4.90 Å². The molecular weight excluding hydrogens is 429 g/mol. The summed E-state index contributed by atoms with van der Waals surface area (Å²) in [5, 5.41) is 0. The van der Waals surface area contributed by atoms with E-state index in [1.54, 1.807) is 0 Å². The molecule has 0 aromatic heterocycles. The average molecular weight is 453 g/mol. The van der Waals surface area contributed by atoms with E-state index in [0.29, 0.717) is 12.5 Å². The second-order valence-corrected chi connectivity index (χ2v) is 6.90. The number of thioether (sulfide) groups is 1. The largest absolute Gasteiger partial charge is 0.370 e. The van der Waals surface area contributed by atoms with Crippen molar-refractivity contribution in [2.45, 2.75) is 5.92 Å². The van der Waals surface area contributed by atoms with Crippen LogP contribution in [0.15, 0.2) is 65.7 Å². The molecule has 0 spiro atoms. The average Bonchev–Trinajstić information content (AvgIpc) is 2.64. The molecule has 24 heavy (non-hydrogen) atoms. The first-order chi connectivity index (χ1) is 11.3. The highest BCUT2D eigenvalue weighted by Crippen LogP contribution is 2.24. The van der Waals surface area contributed by atoms with Gasteiger partial charge in [-0.2, -0.15) is 11.8 Å². The first-order valence-corrected chi connectivity index (χ1v) is 9.22. The monoisotopic (exact) mass is 453 g/mol. The molecule has 1 fully saturated rings. The summed E-state index contributed by atoms with van der Waals surface area (Å²) in [4.78, 5) is 6.91. The molecule has 2 aromatic carbocycles. The summed E-state index contributed by atoms with van der Waals surface area (Å²) in [6.07, 6.45) is 0. The number of nitrogens with zero attached hydrogens (tertiary/aromatic N) is 2. The topological polar surface area (TPSA) is 41.6 Å². The fourth-order valence-electron chi connectivity index (χ4n) is 2.85. The molecule has 0 bridgehead atoms. The molecule has 1 heterocycles. The second-order valence-electron chi connectivity index (χ2n) is 5.67. The highest BCUT2D eigenvalue weighted by molar-refractivity contribution is 14.0. The first-order valence-electron chi connectivity index (χ1n) is 8.07. The molecule has 0 saturated carbocycles. The third-order valence-corrected chi connectivity index (χ3v) is 5.12. The van der Waals surface area contributed by atoms with Crippen molar-refractivity contribution < 1.29 is 0 Å². The van der Waals surface area contributed by atoms with Gasteiger partial charge in [0, 0.05) is 30.5 Å². The number of benzene rings is 2. The van der Waals surface area contributed by atoms with Crippen LogP contribution < -0.4 is 5.73 Å². The number of halogens is 1. The lowest BCUT2D eigenvalue weighted by Gasteiger charge is -2.27. The van der Waals surface area contributed by atoms with Crippen molar-refractivity contribution in [3.05, 3.63) is 71.8 Å². The van der Waals surface area contributed by atoms with Crippen LogP contribution in [0, 0.1) is 0 Å². The number of hydrogen-bond acceptors (Lipinski definition) is 2. The molecule has 0 atom stereocenters. The predicted octanol–water partition coefficient (Wildman–Crippen LogP) is 3.80. The number of nitrogens with two attached hydrogens (primary N) is 1. The number of aliphatic imine (C=N–C) groups is 1. The van der Waals surface area contributed by atoms with E-state index in [4.69, 9.17) is 10.7 Å². The van der Waals surface area contributed by atoms with Crippen LogP contribution in [-0.2, 0) is 0 Å². The summed E-state index contributed by atoms with van der Waals surface area (Å²) >= 11 is 1.98. The molecule has 5 heteroatoms. The van der Waals surface area contributed by atoms with Crippen molar-refractivity contribution in [3.63, 3.8) is 0 Å². The van der Waals surface area contributed by atoms with Crippen LogP contribution in [0.2, 0.25) is 0 Å². The molecule has 1 aliphatic rings. The van der Waals surface area contributed by atoms with E-state index in [1.807, 2.05) is 11.8 Å². The fraction of sp³-hybridized carbons (Fsp3) is 0.316. The van der Waals surface area contributed by atoms with Crippen LogP contribution in [0.25, 0.3) is 0 Å². The summed E-state index contributed by atoms with van der Waals surface area (Å²) in [5.74, 6) is 3.20. The number of guanidine groups is 1. The van der Waals surface area contributed by atoms with Crippen LogP contribution in [0.4, 0.5) is 0 Å². The summed E-state index contributed by atoms with van der Waals surface area (Å²) < 4.78 is 0. The van der Waals surface area contributed by atoms with Gasteiger partial charge in [-0.1, -0.05) is 60.7 Å². The van der Waals surface area contributed by atoms with E-state index >= 15 is 0 Å². The van der Waals surface area contributed by atoms with Crippen molar-refractivity contribution in [1.29, 1.82) is 0 Å². The van der Waals surface area contributed by atoms with Gasteiger partial charge in [0.05, 0.1) is 6.54 Å². The van der Waals surface area contributed by atoms with Crippen LogP contribution in [0.5, 0.6) is 0 Å². The maximum atomic E-state index is 6.22. The molecule has 1 saturated heterocycles. The Morgan fingerprint density at radius 3 is 1.96 bits per heavy atom. The highest BCUT2D eigenvalue weighted by Gasteiger charge is 2.16. The molecule has 3 rings (SSSR count).